The lowest BCUT2D eigenvalue weighted by molar-refractivity contribution is 0.685. The van der Waals surface area contributed by atoms with E-state index in [4.69, 9.17) is 0 Å². The summed E-state index contributed by atoms with van der Waals surface area (Å²) in [5.41, 5.74) is 2.38. The van der Waals surface area contributed by atoms with Crippen LogP contribution < -0.4 is 5.32 Å². The summed E-state index contributed by atoms with van der Waals surface area (Å²) in [6.45, 7) is 2.97. The van der Waals surface area contributed by atoms with Gasteiger partial charge in [-0.2, -0.15) is 5.10 Å². The molecule has 0 radical (unpaired) electrons. The number of nitrogens with one attached hydrogen (secondary N) is 1. The van der Waals surface area contributed by atoms with E-state index < -0.39 is 0 Å². The van der Waals surface area contributed by atoms with Crippen LogP contribution in [0.1, 0.15) is 24.1 Å². The van der Waals surface area contributed by atoms with Crippen molar-refractivity contribution < 1.29 is 0 Å². The molecule has 1 saturated carbocycles. The van der Waals surface area contributed by atoms with Gasteiger partial charge >= 0.3 is 0 Å². The number of aromatic nitrogens is 2. The van der Waals surface area contributed by atoms with Crippen LogP contribution in [0.15, 0.2) is 38.7 Å². The van der Waals surface area contributed by atoms with Crippen molar-refractivity contribution in [3.8, 4) is 0 Å². The zero-order valence-electron chi connectivity index (χ0n) is 11.7. The monoisotopic (exact) mass is 351 g/mol. The lowest BCUT2D eigenvalue weighted by Gasteiger charge is -2.08. The van der Waals surface area contributed by atoms with Crippen molar-refractivity contribution in [3.05, 3.63) is 40.0 Å². The lowest BCUT2D eigenvalue weighted by atomic mass is 10.2. The summed E-state index contributed by atoms with van der Waals surface area (Å²) in [4.78, 5) is 1.23. The van der Waals surface area contributed by atoms with Gasteiger partial charge in [-0.05, 0) is 43.5 Å². The van der Waals surface area contributed by atoms with Crippen LogP contribution >= 0.6 is 27.7 Å². The van der Waals surface area contributed by atoms with Crippen LogP contribution in [-0.2, 0) is 13.6 Å². The predicted molar refractivity (Wildman–Crippen MR) is 86.1 cm³/mol. The number of rotatable bonds is 5. The van der Waals surface area contributed by atoms with E-state index >= 15 is 0 Å². The molecule has 0 bridgehead atoms. The summed E-state index contributed by atoms with van der Waals surface area (Å²) in [5, 5.41) is 9.09. The first-order valence-corrected chi connectivity index (χ1v) is 8.43. The van der Waals surface area contributed by atoms with Gasteiger partial charge in [0.05, 0.1) is 10.7 Å². The second-order valence-corrected chi connectivity index (χ2v) is 7.21. The number of hydrogen-bond acceptors (Lipinski definition) is 3. The fourth-order valence-corrected chi connectivity index (χ4v) is 3.71. The number of hydrogen-bond donors (Lipinski definition) is 1. The third-order valence-corrected chi connectivity index (χ3v) is 5.18. The van der Waals surface area contributed by atoms with Crippen LogP contribution in [0.5, 0.6) is 0 Å². The lowest BCUT2D eigenvalue weighted by Crippen LogP contribution is -2.15. The van der Waals surface area contributed by atoms with E-state index in [1.165, 1.54) is 32.8 Å². The molecule has 1 aromatic carbocycles. The van der Waals surface area contributed by atoms with E-state index in [1.54, 1.807) is 11.8 Å². The van der Waals surface area contributed by atoms with E-state index in [2.05, 4.69) is 50.6 Å². The Morgan fingerprint density at radius 2 is 2.20 bits per heavy atom. The molecule has 1 fully saturated rings. The molecule has 2 aromatic rings. The van der Waals surface area contributed by atoms with Crippen molar-refractivity contribution in [1.29, 1.82) is 0 Å². The minimum Gasteiger partial charge on any atom is -0.310 e. The van der Waals surface area contributed by atoms with Gasteiger partial charge in [0.15, 0.2) is 0 Å². The van der Waals surface area contributed by atoms with Crippen molar-refractivity contribution in [1.82, 2.24) is 15.1 Å². The average Bonchev–Trinajstić information content (AvgIpc) is 3.15. The summed E-state index contributed by atoms with van der Waals surface area (Å²) in [6, 6.07) is 9.43. The van der Waals surface area contributed by atoms with Crippen LogP contribution in [0, 0.1) is 6.92 Å². The topological polar surface area (TPSA) is 29.9 Å². The maximum absolute atomic E-state index is 4.38. The van der Waals surface area contributed by atoms with E-state index in [9.17, 15) is 0 Å². The van der Waals surface area contributed by atoms with Crippen molar-refractivity contribution >= 4 is 27.7 Å². The molecule has 3 rings (SSSR count). The van der Waals surface area contributed by atoms with Crippen molar-refractivity contribution in [2.45, 2.75) is 42.3 Å². The normalized spacial score (nSPS) is 14.8. The maximum Gasteiger partial charge on any atom is 0.0986 e. The summed E-state index contributed by atoms with van der Waals surface area (Å²) in [7, 11) is 1.98. The van der Waals surface area contributed by atoms with E-state index in [0.29, 0.717) is 0 Å². The molecule has 0 unspecified atom stereocenters. The molecular formula is C15H18BrN3S. The van der Waals surface area contributed by atoms with E-state index in [0.717, 1.165) is 18.3 Å². The quantitative estimate of drug-likeness (QED) is 0.885. The molecule has 0 atom stereocenters. The zero-order chi connectivity index (χ0) is 14.1. The van der Waals surface area contributed by atoms with E-state index in [1.807, 2.05) is 18.7 Å². The number of benzene rings is 1. The van der Waals surface area contributed by atoms with Gasteiger partial charge in [0.25, 0.3) is 0 Å². The molecule has 1 aliphatic rings. The first-order chi connectivity index (χ1) is 9.61. The minimum absolute atomic E-state index is 0.744. The maximum atomic E-state index is 4.38. The minimum atomic E-state index is 0.744. The molecule has 0 spiro atoms. The SMILES string of the molecule is Cc1cc(Sc2ccc(CNC3CC3)c(Br)c2)n(C)n1. The Bertz CT molecular complexity index is 620. The van der Waals surface area contributed by atoms with Gasteiger partial charge in [-0.15, -0.1) is 0 Å². The van der Waals surface area contributed by atoms with Crippen LogP contribution in [0.4, 0.5) is 0 Å². The molecule has 0 amide bonds. The molecule has 0 aliphatic heterocycles. The summed E-state index contributed by atoms with van der Waals surface area (Å²) >= 11 is 5.42. The standard InChI is InChI=1S/C15H18BrN3S/c1-10-7-15(19(2)18-10)20-13-6-3-11(14(16)8-13)9-17-12-4-5-12/h3,6-8,12,17H,4-5,9H2,1-2H3. The molecule has 1 aliphatic carbocycles. The summed E-state index contributed by atoms with van der Waals surface area (Å²) in [6.07, 6.45) is 2.65. The molecule has 1 N–H and O–H groups in total. The molecule has 3 nitrogen and oxygen atoms in total. The molecule has 1 heterocycles. The Hall–Kier alpha value is -0.780. The smallest absolute Gasteiger partial charge is 0.0986 e. The first kappa shape index (κ1) is 14.2. The van der Waals surface area contributed by atoms with Crippen molar-refractivity contribution in [2.24, 2.45) is 7.05 Å². The average molecular weight is 352 g/mol. The van der Waals surface area contributed by atoms with Gasteiger partial charge in [-0.1, -0.05) is 33.8 Å². The first-order valence-electron chi connectivity index (χ1n) is 6.82. The van der Waals surface area contributed by atoms with Gasteiger partial charge in [-0.3, -0.25) is 4.68 Å². The van der Waals surface area contributed by atoms with Gasteiger partial charge in [0, 0.05) is 29.0 Å². The molecule has 1 aromatic heterocycles. The summed E-state index contributed by atoms with van der Waals surface area (Å²) < 4.78 is 3.10. The molecule has 0 saturated heterocycles. The highest BCUT2D eigenvalue weighted by Gasteiger charge is 2.20. The molecule has 5 heteroatoms. The Labute approximate surface area is 132 Å². The third-order valence-electron chi connectivity index (χ3n) is 3.36. The van der Waals surface area contributed by atoms with Gasteiger partial charge in [0.1, 0.15) is 0 Å². The highest BCUT2D eigenvalue weighted by Crippen LogP contribution is 2.31. The largest absolute Gasteiger partial charge is 0.310 e. The zero-order valence-corrected chi connectivity index (χ0v) is 14.1. The highest BCUT2D eigenvalue weighted by atomic mass is 79.9. The fraction of sp³-hybridized carbons (Fsp3) is 0.400. The summed E-state index contributed by atoms with van der Waals surface area (Å²) in [5.74, 6) is 0. The van der Waals surface area contributed by atoms with Gasteiger partial charge < -0.3 is 5.32 Å². The van der Waals surface area contributed by atoms with Crippen molar-refractivity contribution in [3.63, 3.8) is 0 Å². The van der Waals surface area contributed by atoms with Crippen LogP contribution in [0.25, 0.3) is 0 Å². The Morgan fingerprint density at radius 1 is 1.40 bits per heavy atom. The van der Waals surface area contributed by atoms with Crippen molar-refractivity contribution in [2.75, 3.05) is 0 Å². The predicted octanol–water partition coefficient (Wildman–Crippen LogP) is 3.89. The number of nitrogens with zero attached hydrogens (tertiary/aromatic N) is 2. The molecule has 106 valence electrons. The van der Waals surface area contributed by atoms with Crippen LogP contribution in [-0.4, -0.2) is 15.8 Å². The highest BCUT2D eigenvalue weighted by molar-refractivity contribution is 9.10. The second kappa shape index (κ2) is 5.92. The third kappa shape index (κ3) is 3.45. The Kier molecular flexibility index (Phi) is 4.19. The Balaban J connectivity index is 1.70. The van der Waals surface area contributed by atoms with Gasteiger partial charge in [-0.25, -0.2) is 0 Å². The van der Waals surface area contributed by atoms with Gasteiger partial charge in [0.2, 0.25) is 0 Å². The molecule has 20 heavy (non-hydrogen) atoms. The molecular weight excluding hydrogens is 334 g/mol. The van der Waals surface area contributed by atoms with Crippen LogP contribution in [0.2, 0.25) is 0 Å². The second-order valence-electron chi connectivity index (χ2n) is 5.26. The fourth-order valence-electron chi connectivity index (χ4n) is 2.08. The Morgan fingerprint density at radius 3 is 2.80 bits per heavy atom. The number of halogens is 1. The van der Waals surface area contributed by atoms with Crippen LogP contribution in [0.3, 0.4) is 0 Å². The number of aryl methyl sites for hydroxylation is 2. The van der Waals surface area contributed by atoms with E-state index in [-0.39, 0.29) is 0 Å².